The molecule has 17 heavy (non-hydrogen) atoms. The van der Waals surface area contributed by atoms with Gasteiger partial charge in [-0.3, -0.25) is 9.78 Å². The monoisotopic (exact) mass is 293 g/mol. The number of pyridine rings is 1. The fraction of sp³-hybridized carbons (Fsp3) is 0.0769. The maximum atomic E-state index is 13.3. The number of hydrogen-bond donors (Lipinski definition) is 0. The number of benzene rings is 1. The third-order valence-electron chi connectivity index (χ3n) is 2.34. The van der Waals surface area contributed by atoms with Crippen LogP contribution in [-0.2, 0) is 6.42 Å². The van der Waals surface area contributed by atoms with E-state index >= 15 is 0 Å². The Bertz CT molecular complexity index is 542. The first-order valence-corrected chi connectivity index (χ1v) is 5.84. The van der Waals surface area contributed by atoms with Crippen LogP contribution in [0.25, 0.3) is 0 Å². The van der Waals surface area contributed by atoms with Crippen molar-refractivity contribution in [3.8, 4) is 0 Å². The third kappa shape index (κ3) is 2.77. The molecule has 0 aliphatic rings. The summed E-state index contributed by atoms with van der Waals surface area (Å²) in [5.41, 5.74) is 1.17. The highest BCUT2D eigenvalue weighted by atomic mass is 79.9. The Kier molecular flexibility index (Phi) is 3.64. The van der Waals surface area contributed by atoms with Crippen LogP contribution < -0.4 is 0 Å². The average molecular weight is 294 g/mol. The molecule has 0 fully saturated rings. The van der Waals surface area contributed by atoms with E-state index in [4.69, 9.17) is 0 Å². The van der Waals surface area contributed by atoms with E-state index in [0.29, 0.717) is 5.56 Å². The van der Waals surface area contributed by atoms with E-state index in [2.05, 4.69) is 20.9 Å². The van der Waals surface area contributed by atoms with Crippen molar-refractivity contribution >= 4 is 21.7 Å². The van der Waals surface area contributed by atoms with Gasteiger partial charge in [-0.05, 0) is 33.6 Å². The van der Waals surface area contributed by atoms with Crippen LogP contribution in [0.2, 0.25) is 0 Å². The molecule has 2 aromatic rings. The molecule has 0 unspecified atom stereocenters. The van der Waals surface area contributed by atoms with Gasteiger partial charge in [-0.25, -0.2) is 4.39 Å². The third-order valence-corrected chi connectivity index (χ3v) is 3.15. The van der Waals surface area contributed by atoms with Crippen molar-refractivity contribution in [2.24, 2.45) is 0 Å². The molecule has 0 aliphatic carbocycles. The highest BCUT2D eigenvalue weighted by molar-refractivity contribution is 9.10. The van der Waals surface area contributed by atoms with E-state index in [-0.39, 0.29) is 16.7 Å². The first-order valence-electron chi connectivity index (χ1n) is 5.04. The lowest BCUT2D eigenvalue weighted by molar-refractivity contribution is 0.0991. The number of aromatic nitrogens is 1. The summed E-state index contributed by atoms with van der Waals surface area (Å²) in [6.45, 7) is 0. The molecule has 2 nitrogen and oxygen atoms in total. The lowest BCUT2D eigenvalue weighted by Gasteiger charge is -2.04. The van der Waals surface area contributed by atoms with E-state index < -0.39 is 5.82 Å². The van der Waals surface area contributed by atoms with Gasteiger partial charge in [-0.2, -0.15) is 0 Å². The summed E-state index contributed by atoms with van der Waals surface area (Å²) in [5, 5.41) is 0. The van der Waals surface area contributed by atoms with Gasteiger partial charge in [-0.1, -0.05) is 18.2 Å². The molecule has 0 radical (unpaired) electrons. The molecule has 0 spiro atoms. The summed E-state index contributed by atoms with van der Waals surface area (Å²) in [6, 6.07) is 8.02. The number of carbonyl (C=O) groups excluding carboxylic acids is 1. The summed E-state index contributed by atoms with van der Waals surface area (Å²) in [5.74, 6) is -0.564. The van der Waals surface area contributed by atoms with E-state index in [0.717, 1.165) is 5.56 Å². The van der Waals surface area contributed by atoms with Gasteiger partial charge in [0.05, 0.1) is 4.47 Å². The molecule has 4 heteroatoms. The van der Waals surface area contributed by atoms with Crippen molar-refractivity contribution in [1.82, 2.24) is 4.98 Å². The van der Waals surface area contributed by atoms with Gasteiger partial charge < -0.3 is 0 Å². The lowest BCUT2D eigenvalue weighted by atomic mass is 10.0. The fourth-order valence-electron chi connectivity index (χ4n) is 1.50. The molecule has 0 saturated carbocycles. The van der Waals surface area contributed by atoms with Crippen LogP contribution in [0.4, 0.5) is 4.39 Å². The molecule has 0 atom stereocenters. The minimum atomic E-state index is -0.429. The Morgan fingerprint density at radius 3 is 2.82 bits per heavy atom. The second-order valence-corrected chi connectivity index (χ2v) is 4.36. The zero-order valence-electron chi connectivity index (χ0n) is 8.86. The summed E-state index contributed by atoms with van der Waals surface area (Å²) >= 11 is 3.08. The molecular formula is C13H9BrFNO. The second kappa shape index (κ2) is 5.19. The van der Waals surface area contributed by atoms with Crippen LogP contribution in [-0.4, -0.2) is 10.8 Å². The Balaban J connectivity index is 2.24. The van der Waals surface area contributed by atoms with Crippen LogP contribution in [0, 0.1) is 5.82 Å². The Morgan fingerprint density at radius 2 is 2.12 bits per heavy atom. The van der Waals surface area contributed by atoms with Crippen molar-refractivity contribution in [2.45, 2.75) is 6.42 Å². The normalized spacial score (nSPS) is 10.2. The maximum absolute atomic E-state index is 13.3. The molecule has 0 N–H and O–H groups in total. The van der Waals surface area contributed by atoms with E-state index in [1.807, 2.05) is 6.07 Å². The summed E-state index contributed by atoms with van der Waals surface area (Å²) in [6.07, 6.45) is 3.49. The number of hydrogen-bond acceptors (Lipinski definition) is 2. The smallest absolute Gasteiger partial charge is 0.168 e. The topological polar surface area (TPSA) is 30.0 Å². The largest absolute Gasteiger partial charge is 0.294 e. The van der Waals surface area contributed by atoms with E-state index in [1.165, 1.54) is 12.1 Å². The van der Waals surface area contributed by atoms with Gasteiger partial charge in [0.25, 0.3) is 0 Å². The fourth-order valence-corrected chi connectivity index (χ4v) is 1.99. The van der Waals surface area contributed by atoms with Gasteiger partial charge in [0.15, 0.2) is 5.78 Å². The molecular weight excluding hydrogens is 285 g/mol. The van der Waals surface area contributed by atoms with Gasteiger partial charge in [0.2, 0.25) is 0 Å². The zero-order valence-corrected chi connectivity index (χ0v) is 10.4. The molecule has 0 saturated heterocycles. The molecule has 1 aromatic heterocycles. The number of Topliss-reactive ketones (excluding diaryl/α,β-unsaturated/α-hetero) is 1. The SMILES string of the molecule is O=C(Cc1cccnc1)c1cccc(F)c1Br. The number of ketones is 1. The Morgan fingerprint density at radius 1 is 1.29 bits per heavy atom. The van der Waals surface area contributed by atoms with Crippen LogP contribution in [0.1, 0.15) is 15.9 Å². The highest BCUT2D eigenvalue weighted by Crippen LogP contribution is 2.21. The predicted octanol–water partition coefficient (Wildman–Crippen LogP) is 3.41. The molecule has 86 valence electrons. The molecule has 0 amide bonds. The van der Waals surface area contributed by atoms with Crippen LogP contribution >= 0.6 is 15.9 Å². The van der Waals surface area contributed by atoms with Crippen molar-refractivity contribution in [1.29, 1.82) is 0 Å². The molecule has 1 aromatic carbocycles. The summed E-state index contributed by atoms with van der Waals surface area (Å²) in [4.78, 5) is 15.9. The average Bonchev–Trinajstić information content (AvgIpc) is 2.34. The number of carbonyl (C=O) groups is 1. The first-order chi connectivity index (χ1) is 8.18. The van der Waals surface area contributed by atoms with Gasteiger partial charge >= 0.3 is 0 Å². The standard InChI is InChI=1S/C13H9BrFNO/c14-13-10(4-1-5-11(13)15)12(17)7-9-3-2-6-16-8-9/h1-6,8H,7H2. The van der Waals surface area contributed by atoms with Gasteiger partial charge in [0.1, 0.15) is 5.82 Å². The lowest BCUT2D eigenvalue weighted by Crippen LogP contribution is -2.05. The minimum Gasteiger partial charge on any atom is -0.294 e. The van der Waals surface area contributed by atoms with Crippen LogP contribution in [0.15, 0.2) is 47.2 Å². The first kappa shape index (κ1) is 11.9. The predicted molar refractivity (Wildman–Crippen MR) is 66.4 cm³/mol. The van der Waals surface area contributed by atoms with Crippen molar-refractivity contribution in [3.63, 3.8) is 0 Å². The Hall–Kier alpha value is -1.55. The number of halogens is 2. The van der Waals surface area contributed by atoms with Crippen LogP contribution in [0.5, 0.6) is 0 Å². The second-order valence-electron chi connectivity index (χ2n) is 3.56. The molecule has 0 bridgehead atoms. The molecule has 0 aliphatic heterocycles. The zero-order chi connectivity index (χ0) is 12.3. The number of rotatable bonds is 3. The summed E-state index contributed by atoms with van der Waals surface area (Å²) in [7, 11) is 0. The van der Waals surface area contributed by atoms with Gasteiger partial charge in [0, 0.05) is 24.4 Å². The number of nitrogens with zero attached hydrogens (tertiary/aromatic N) is 1. The van der Waals surface area contributed by atoms with Crippen LogP contribution in [0.3, 0.4) is 0 Å². The van der Waals surface area contributed by atoms with E-state index in [9.17, 15) is 9.18 Å². The summed E-state index contributed by atoms with van der Waals surface area (Å²) < 4.78 is 13.5. The Labute approximate surface area is 107 Å². The van der Waals surface area contributed by atoms with Crippen molar-refractivity contribution in [2.75, 3.05) is 0 Å². The molecule has 2 rings (SSSR count). The quantitative estimate of drug-likeness (QED) is 0.812. The van der Waals surface area contributed by atoms with E-state index in [1.54, 1.807) is 24.5 Å². The highest BCUT2D eigenvalue weighted by Gasteiger charge is 2.13. The molecule has 1 heterocycles. The minimum absolute atomic E-state index is 0.135. The van der Waals surface area contributed by atoms with Gasteiger partial charge in [-0.15, -0.1) is 0 Å². The maximum Gasteiger partial charge on any atom is 0.168 e. The van der Waals surface area contributed by atoms with Crippen molar-refractivity contribution < 1.29 is 9.18 Å². The van der Waals surface area contributed by atoms with Crippen molar-refractivity contribution in [3.05, 3.63) is 64.1 Å².